The fourth-order valence-corrected chi connectivity index (χ4v) is 4.79. The van der Waals surface area contributed by atoms with Gasteiger partial charge in [0, 0.05) is 12.3 Å². The molecule has 4 fully saturated rings. The van der Waals surface area contributed by atoms with Gasteiger partial charge in [0.05, 0.1) is 0 Å². The summed E-state index contributed by atoms with van der Waals surface area (Å²) in [6.07, 6.45) is 9.78. The lowest BCUT2D eigenvalue weighted by molar-refractivity contribution is -0.122. The minimum Gasteiger partial charge on any atom is -0.483 e. The van der Waals surface area contributed by atoms with Gasteiger partial charge >= 0.3 is 0 Å². The van der Waals surface area contributed by atoms with Crippen LogP contribution in [0.1, 0.15) is 58.8 Å². The van der Waals surface area contributed by atoms with Gasteiger partial charge in [0.2, 0.25) is 11.6 Å². The normalized spacial score (nSPS) is 51.9. The molecule has 0 aromatic rings. The molecule has 0 amide bonds. The first-order valence-electron chi connectivity index (χ1n) is 8.03. The molecular weight excluding hydrogens is 256 g/mol. The number of carboxylic acid groups (broad SMARTS) is 1. The van der Waals surface area contributed by atoms with Gasteiger partial charge in [0.15, 0.2) is 0 Å². The van der Waals surface area contributed by atoms with Gasteiger partial charge < -0.3 is 14.6 Å². The molecule has 0 aromatic carbocycles. The van der Waals surface area contributed by atoms with E-state index in [0.717, 1.165) is 17.8 Å². The van der Waals surface area contributed by atoms with Crippen LogP contribution < -0.4 is 0 Å². The van der Waals surface area contributed by atoms with Crippen molar-refractivity contribution in [1.82, 2.24) is 0 Å². The molecule has 4 nitrogen and oxygen atoms in total. The number of rotatable bonds is 2. The van der Waals surface area contributed by atoms with Crippen molar-refractivity contribution in [2.45, 2.75) is 70.4 Å². The summed E-state index contributed by atoms with van der Waals surface area (Å²) in [6, 6.07) is 0. The van der Waals surface area contributed by atoms with Crippen LogP contribution in [-0.4, -0.2) is 23.2 Å². The average molecular weight is 282 g/mol. The van der Waals surface area contributed by atoms with Crippen molar-refractivity contribution in [3.05, 3.63) is 0 Å². The lowest BCUT2D eigenvalue weighted by atomic mass is 9.73. The van der Waals surface area contributed by atoms with E-state index < -0.39 is 0 Å². The van der Waals surface area contributed by atoms with Gasteiger partial charge in [-0.1, -0.05) is 33.1 Å². The van der Waals surface area contributed by atoms with Gasteiger partial charge in [-0.05, 0) is 37.0 Å². The van der Waals surface area contributed by atoms with Crippen molar-refractivity contribution in [2.24, 2.45) is 23.7 Å². The van der Waals surface area contributed by atoms with Gasteiger partial charge in [-0.15, -0.1) is 0 Å². The topological polar surface area (TPSA) is 62.4 Å². The zero-order valence-electron chi connectivity index (χ0n) is 12.5. The fraction of sp³-hybridized carbons (Fsp3) is 0.938. The zero-order valence-corrected chi connectivity index (χ0v) is 12.5. The standard InChI is InChI=1S/C15H24O2.CH2O2/c1-10-4-3-5-12(6-10)8-13-7-11(2)15-14(9-13,16-15)17-15;2-1-3/h10-13H,3-9H2,1-2H3;1H,(H,2,3). The first kappa shape index (κ1) is 14.3. The summed E-state index contributed by atoms with van der Waals surface area (Å²) in [7, 11) is 0. The van der Waals surface area contributed by atoms with E-state index >= 15 is 0 Å². The summed E-state index contributed by atoms with van der Waals surface area (Å²) in [4.78, 5) is 8.36. The summed E-state index contributed by atoms with van der Waals surface area (Å²) >= 11 is 0. The maximum absolute atomic E-state index is 8.36. The van der Waals surface area contributed by atoms with Crippen LogP contribution >= 0.6 is 0 Å². The molecule has 4 unspecified atom stereocenters. The minimum atomic E-state index is -0.250. The maximum Gasteiger partial charge on any atom is 0.290 e. The lowest BCUT2D eigenvalue weighted by Crippen LogP contribution is -2.24. The van der Waals surface area contributed by atoms with Crippen LogP contribution in [0.4, 0.5) is 0 Å². The van der Waals surface area contributed by atoms with Gasteiger partial charge in [-0.2, -0.15) is 0 Å². The highest BCUT2D eigenvalue weighted by Crippen LogP contribution is 2.77. The highest BCUT2D eigenvalue weighted by molar-refractivity contribution is 5.32. The largest absolute Gasteiger partial charge is 0.483 e. The van der Waals surface area contributed by atoms with E-state index in [1.165, 1.54) is 44.9 Å². The molecule has 4 aliphatic rings. The quantitative estimate of drug-likeness (QED) is 0.623. The Labute approximate surface area is 120 Å². The summed E-state index contributed by atoms with van der Waals surface area (Å²) < 4.78 is 11.5. The number of carbonyl (C=O) groups is 1. The molecule has 1 N–H and O–H groups in total. The second-order valence-corrected chi connectivity index (χ2v) is 7.31. The number of ether oxygens (including phenoxy) is 2. The molecule has 2 aliphatic carbocycles. The molecule has 4 atom stereocenters. The van der Waals surface area contributed by atoms with E-state index in [4.69, 9.17) is 19.4 Å². The van der Waals surface area contributed by atoms with Crippen molar-refractivity contribution in [1.29, 1.82) is 0 Å². The van der Waals surface area contributed by atoms with Gasteiger partial charge in [-0.25, -0.2) is 0 Å². The molecule has 2 heterocycles. The average Bonchev–Trinajstić information content (AvgIpc) is 3.16. The molecule has 0 aromatic heterocycles. The third-order valence-corrected chi connectivity index (χ3v) is 5.69. The summed E-state index contributed by atoms with van der Waals surface area (Å²) in [5.41, 5.74) is 0. The first-order valence-corrected chi connectivity index (χ1v) is 8.03. The van der Waals surface area contributed by atoms with Crippen LogP contribution in [0, 0.1) is 23.7 Å². The molecule has 0 spiro atoms. The monoisotopic (exact) mass is 282 g/mol. The SMILES string of the molecule is CC1CCCC(CC2CC(C)C34OC3(C2)O4)C1.O=CO. The second kappa shape index (κ2) is 4.99. The molecule has 2 aliphatic heterocycles. The Hall–Kier alpha value is -0.610. The van der Waals surface area contributed by atoms with Crippen LogP contribution in [-0.2, 0) is 14.3 Å². The van der Waals surface area contributed by atoms with Crippen LogP contribution in [0.5, 0.6) is 0 Å². The minimum absolute atomic E-state index is 0.0738. The molecule has 4 heteroatoms. The highest BCUT2D eigenvalue weighted by Gasteiger charge is 2.93. The predicted octanol–water partition coefficient (Wildman–Crippen LogP) is 3.40. The van der Waals surface area contributed by atoms with Gasteiger partial charge in [0.25, 0.3) is 6.47 Å². The lowest BCUT2D eigenvalue weighted by Gasteiger charge is -2.31. The first-order chi connectivity index (χ1) is 9.55. The van der Waals surface area contributed by atoms with E-state index in [-0.39, 0.29) is 18.0 Å². The molecule has 4 rings (SSSR count). The zero-order chi connectivity index (χ0) is 14.4. The van der Waals surface area contributed by atoms with Crippen LogP contribution in [0.3, 0.4) is 0 Å². The van der Waals surface area contributed by atoms with Gasteiger partial charge in [0.1, 0.15) is 0 Å². The van der Waals surface area contributed by atoms with Crippen LogP contribution in [0.15, 0.2) is 0 Å². The molecule has 114 valence electrons. The Balaban J connectivity index is 0.000000373. The third kappa shape index (κ3) is 2.27. The number of hydrogen-bond donors (Lipinski definition) is 1. The Morgan fingerprint density at radius 3 is 2.50 bits per heavy atom. The summed E-state index contributed by atoms with van der Waals surface area (Å²) in [6.45, 7) is 4.48. The number of hydrogen-bond acceptors (Lipinski definition) is 3. The van der Waals surface area contributed by atoms with Crippen molar-refractivity contribution < 1.29 is 19.4 Å². The van der Waals surface area contributed by atoms with Gasteiger partial charge in [-0.3, -0.25) is 4.79 Å². The van der Waals surface area contributed by atoms with E-state index in [0.29, 0.717) is 5.92 Å². The second-order valence-electron chi connectivity index (χ2n) is 7.31. The smallest absolute Gasteiger partial charge is 0.290 e. The molecule has 0 bridgehead atoms. The molecule has 0 radical (unpaired) electrons. The van der Waals surface area contributed by atoms with Crippen molar-refractivity contribution in [3.63, 3.8) is 0 Å². The van der Waals surface area contributed by atoms with Crippen molar-refractivity contribution in [3.8, 4) is 0 Å². The van der Waals surface area contributed by atoms with Crippen LogP contribution in [0.2, 0.25) is 0 Å². The highest BCUT2D eigenvalue weighted by atomic mass is 17.0. The number of epoxide rings is 2. The Morgan fingerprint density at radius 1 is 1.20 bits per heavy atom. The third-order valence-electron chi connectivity index (χ3n) is 5.69. The Morgan fingerprint density at radius 2 is 1.90 bits per heavy atom. The van der Waals surface area contributed by atoms with Crippen LogP contribution in [0.25, 0.3) is 0 Å². The van der Waals surface area contributed by atoms with E-state index in [2.05, 4.69) is 13.8 Å². The van der Waals surface area contributed by atoms with Crippen molar-refractivity contribution in [2.75, 3.05) is 0 Å². The predicted molar refractivity (Wildman–Crippen MR) is 74.0 cm³/mol. The Kier molecular flexibility index (Phi) is 3.57. The molecule has 2 saturated carbocycles. The Bertz CT molecular complexity index is 375. The van der Waals surface area contributed by atoms with Crippen molar-refractivity contribution >= 4 is 6.47 Å². The van der Waals surface area contributed by atoms with E-state index in [1.54, 1.807) is 0 Å². The fourth-order valence-electron chi connectivity index (χ4n) is 4.79. The molecule has 20 heavy (non-hydrogen) atoms. The van der Waals surface area contributed by atoms with E-state index in [1.807, 2.05) is 0 Å². The maximum atomic E-state index is 8.36. The molecular formula is C16H26O4. The molecule has 2 saturated heterocycles. The summed E-state index contributed by atoms with van der Waals surface area (Å²) in [5, 5.41) is 6.89. The summed E-state index contributed by atoms with van der Waals surface area (Å²) in [5.74, 6) is 3.28. The van der Waals surface area contributed by atoms with E-state index in [9.17, 15) is 0 Å².